The summed E-state index contributed by atoms with van der Waals surface area (Å²) in [6, 6.07) is 18.6. The van der Waals surface area contributed by atoms with Gasteiger partial charge in [-0.05, 0) is 61.4 Å². The maximum absolute atomic E-state index is 12.9. The third kappa shape index (κ3) is 5.09. The first-order valence-electron chi connectivity index (χ1n) is 12.0. The molecule has 2 aromatic rings. The van der Waals surface area contributed by atoms with E-state index in [0.717, 1.165) is 56.6 Å². The Kier molecular flexibility index (Phi) is 7.39. The Morgan fingerprint density at radius 1 is 1.21 bits per heavy atom. The van der Waals surface area contributed by atoms with Crippen LogP contribution in [0.5, 0.6) is 5.75 Å². The highest BCUT2D eigenvalue weighted by Crippen LogP contribution is 2.50. The number of rotatable bonds is 7. The van der Waals surface area contributed by atoms with Gasteiger partial charge in [-0.15, -0.1) is 6.58 Å². The number of hydrogen-bond donors (Lipinski definition) is 0. The van der Waals surface area contributed by atoms with Crippen LogP contribution in [0.15, 0.2) is 67.3 Å². The topological polar surface area (TPSA) is 42.0 Å². The molecule has 0 N–H and O–H groups in total. The van der Waals surface area contributed by atoms with E-state index in [0.29, 0.717) is 12.5 Å². The largest absolute Gasteiger partial charge is 0.497 e. The molecule has 0 aromatic heterocycles. The summed E-state index contributed by atoms with van der Waals surface area (Å²) in [5, 5.41) is 0. The molecule has 4 rings (SSSR count). The molecule has 1 aliphatic carbocycles. The molecule has 1 amide bonds. The molecule has 33 heavy (non-hydrogen) atoms. The molecule has 1 aliphatic heterocycles. The third-order valence-corrected chi connectivity index (χ3v) is 7.66. The van der Waals surface area contributed by atoms with Crippen molar-refractivity contribution in [3.8, 4) is 5.75 Å². The second-order valence-electron chi connectivity index (χ2n) is 9.47. The van der Waals surface area contributed by atoms with Crippen molar-refractivity contribution in [1.82, 2.24) is 9.80 Å². The van der Waals surface area contributed by atoms with Crippen LogP contribution in [0.2, 0.25) is 0 Å². The normalized spacial score (nSPS) is 25.0. The molecule has 3 atom stereocenters. The SMILES string of the molecule is C=CCN1CC[C@@]2(c3cccc(OC)c3)C[C@@H](N(C)C(=O)OCc3ccccc3)CC[C@@H]2C1. The van der Waals surface area contributed by atoms with Gasteiger partial charge in [0.1, 0.15) is 12.4 Å². The Balaban J connectivity index is 1.52. The van der Waals surface area contributed by atoms with E-state index < -0.39 is 0 Å². The van der Waals surface area contributed by atoms with Gasteiger partial charge in [-0.25, -0.2) is 4.79 Å². The zero-order valence-electron chi connectivity index (χ0n) is 19.9. The minimum atomic E-state index is -0.243. The van der Waals surface area contributed by atoms with Crippen LogP contribution in [0.4, 0.5) is 4.79 Å². The molecule has 1 saturated heterocycles. The van der Waals surface area contributed by atoms with Crippen LogP contribution in [-0.4, -0.2) is 55.7 Å². The number of carbonyl (C=O) groups excluding carboxylic acids is 1. The number of benzene rings is 2. The van der Waals surface area contributed by atoms with E-state index in [1.54, 1.807) is 7.11 Å². The van der Waals surface area contributed by atoms with Gasteiger partial charge < -0.3 is 14.4 Å². The lowest BCUT2D eigenvalue weighted by atomic mass is 9.58. The monoisotopic (exact) mass is 448 g/mol. The highest BCUT2D eigenvalue weighted by Gasteiger charge is 2.49. The van der Waals surface area contributed by atoms with Crippen molar-refractivity contribution in [3.05, 3.63) is 78.4 Å². The maximum atomic E-state index is 12.9. The lowest BCUT2D eigenvalue weighted by molar-refractivity contribution is 0.0183. The average molecular weight is 449 g/mol. The molecule has 2 fully saturated rings. The van der Waals surface area contributed by atoms with Crippen LogP contribution >= 0.6 is 0 Å². The van der Waals surface area contributed by atoms with E-state index in [4.69, 9.17) is 9.47 Å². The zero-order chi connectivity index (χ0) is 23.3. The minimum Gasteiger partial charge on any atom is -0.497 e. The lowest BCUT2D eigenvalue weighted by Crippen LogP contribution is -2.56. The van der Waals surface area contributed by atoms with E-state index in [9.17, 15) is 4.79 Å². The van der Waals surface area contributed by atoms with Crippen LogP contribution in [-0.2, 0) is 16.8 Å². The van der Waals surface area contributed by atoms with Crippen LogP contribution in [0.25, 0.3) is 0 Å². The molecule has 0 radical (unpaired) electrons. The first kappa shape index (κ1) is 23.4. The van der Waals surface area contributed by atoms with Crippen molar-refractivity contribution < 1.29 is 14.3 Å². The van der Waals surface area contributed by atoms with Crippen LogP contribution in [0.1, 0.15) is 36.8 Å². The number of likely N-dealkylation sites (tertiary alicyclic amines) is 1. The number of piperidine rings is 1. The van der Waals surface area contributed by atoms with Crippen LogP contribution in [0, 0.1) is 5.92 Å². The van der Waals surface area contributed by atoms with E-state index >= 15 is 0 Å². The third-order valence-electron chi connectivity index (χ3n) is 7.66. The first-order valence-corrected chi connectivity index (χ1v) is 12.0. The van der Waals surface area contributed by atoms with Gasteiger partial charge in [0.05, 0.1) is 7.11 Å². The molecule has 1 heterocycles. The number of fused-ring (bicyclic) bond motifs is 1. The maximum Gasteiger partial charge on any atom is 0.410 e. The van der Waals surface area contributed by atoms with Crippen molar-refractivity contribution in [3.63, 3.8) is 0 Å². The highest BCUT2D eigenvalue weighted by molar-refractivity contribution is 5.67. The van der Waals surface area contributed by atoms with Crippen molar-refractivity contribution >= 4 is 6.09 Å². The van der Waals surface area contributed by atoms with Crippen molar-refractivity contribution in [2.75, 3.05) is 33.8 Å². The molecule has 5 heteroatoms. The fourth-order valence-electron chi connectivity index (χ4n) is 5.77. The standard InChI is InChI=1S/C28H36N2O3/c1-4-16-30-17-15-28(23-11-8-12-26(18-23)32-3)19-25(14-13-24(28)20-30)29(2)27(31)33-21-22-9-6-5-7-10-22/h4-12,18,24-25H,1,13-17,19-21H2,2-3H3/t24-,25+,28+/m1/s1. The first-order chi connectivity index (χ1) is 16.1. The summed E-state index contributed by atoms with van der Waals surface area (Å²) >= 11 is 0. The van der Waals surface area contributed by atoms with Gasteiger partial charge in [-0.2, -0.15) is 0 Å². The van der Waals surface area contributed by atoms with Crippen LogP contribution < -0.4 is 4.74 Å². The van der Waals surface area contributed by atoms with Gasteiger partial charge in [-0.1, -0.05) is 48.5 Å². The molecule has 0 bridgehead atoms. The summed E-state index contributed by atoms with van der Waals surface area (Å²) < 4.78 is 11.2. The Labute approximate surface area is 198 Å². The molecule has 0 spiro atoms. The van der Waals surface area contributed by atoms with E-state index in [2.05, 4.69) is 29.7 Å². The summed E-state index contributed by atoms with van der Waals surface area (Å²) in [7, 11) is 3.62. The lowest BCUT2D eigenvalue weighted by Gasteiger charge is -2.54. The van der Waals surface area contributed by atoms with E-state index in [-0.39, 0.29) is 17.6 Å². The fourth-order valence-corrected chi connectivity index (χ4v) is 5.77. The predicted octanol–water partition coefficient (Wildman–Crippen LogP) is 5.26. The van der Waals surface area contributed by atoms with Gasteiger partial charge in [-0.3, -0.25) is 4.90 Å². The van der Waals surface area contributed by atoms with Crippen molar-refractivity contribution in [2.24, 2.45) is 5.92 Å². The van der Waals surface area contributed by atoms with Gasteiger partial charge in [0.2, 0.25) is 0 Å². The van der Waals surface area contributed by atoms with Crippen molar-refractivity contribution in [1.29, 1.82) is 0 Å². The minimum absolute atomic E-state index is 0.0308. The summed E-state index contributed by atoms with van der Waals surface area (Å²) in [5.74, 6) is 1.44. The summed E-state index contributed by atoms with van der Waals surface area (Å²) in [6.45, 7) is 7.27. The quantitative estimate of drug-likeness (QED) is 0.542. The second-order valence-corrected chi connectivity index (χ2v) is 9.47. The van der Waals surface area contributed by atoms with E-state index in [1.807, 2.05) is 54.4 Å². The van der Waals surface area contributed by atoms with Gasteiger partial charge in [0, 0.05) is 31.6 Å². The molecular formula is C28H36N2O3. The summed E-state index contributed by atoms with van der Waals surface area (Å²) in [6.07, 6.45) is 5.86. The molecule has 176 valence electrons. The number of hydrogen-bond acceptors (Lipinski definition) is 4. The molecule has 0 unspecified atom stereocenters. The Bertz CT molecular complexity index is 947. The second kappa shape index (κ2) is 10.4. The number of methoxy groups -OCH3 is 1. The van der Waals surface area contributed by atoms with Crippen molar-refractivity contribution in [2.45, 2.75) is 43.7 Å². The zero-order valence-corrected chi connectivity index (χ0v) is 19.9. The number of carbonyl (C=O) groups is 1. The number of ether oxygens (including phenoxy) is 2. The average Bonchev–Trinajstić information content (AvgIpc) is 2.87. The van der Waals surface area contributed by atoms with Gasteiger partial charge in [0.15, 0.2) is 0 Å². The molecule has 1 saturated carbocycles. The fraction of sp³-hybridized carbons (Fsp3) is 0.464. The van der Waals surface area contributed by atoms with Gasteiger partial charge >= 0.3 is 6.09 Å². The van der Waals surface area contributed by atoms with E-state index in [1.165, 1.54) is 5.56 Å². The highest BCUT2D eigenvalue weighted by atomic mass is 16.6. The predicted molar refractivity (Wildman–Crippen MR) is 131 cm³/mol. The Morgan fingerprint density at radius 2 is 2.03 bits per heavy atom. The van der Waals surface area contributed by atoms with Gasteiger partial charge in [0.25, 0.3) is 0 Å². The smallest absolute Gasteiger partial charge is 0.410 e. The number of amides is 1. The van der Waals surface area contributed by atoms with Crippen LogP contribution in [0.3, 0.4) is 0 Å². The molecule has 2 aromatic carbocycles. The molecule has 5 nitrogen and oxygen atoms in total. The Hall–Kier alpha value is -2.79. The number of nitrogens with zero attached hydrogens (tertiary/aromatic N) is 2. The summed E-state index contributed by atoms with van der Waals surface area (Å²) in [5.41, 5.74) is 2.37. The Morgan fingerprint density at radius 3 is 2.79 bits per heavy atom. The summed E-state index contributed by atoms with van der Waals surface area (Å²) in [4.78, 5) is 17.3. The molecular weight excluding hydrogens is 412 g/mol. The molecule has 2 aliphatic rings.